The van der Waals surface area contributed by atoms with E-state index >= 15 is 0 Å². The lowest BCUT2D eigenvalue weighted by atomic mass is 10.1. The van der Waals surface area contributed by atoms with Crippen molar-refractivity contribution in [3.63, 3.8) is 0 Å². The van der Waals surface area contributed by atoms with Crippen molar-refractivity contribution in [3.8, 4) is 0 Å². The molecule has 2 rings (SSSR count). The van der Waals surface area contributed by atoms with Gasteiger partial charge < -0.3 is 11.1 Å². The van der Waals surface area contributed by atoms with Crippen LogP contribution in [0.3, 0.4) is 0 Å². The van der Waals surface area contributed by atoms with Gasteiger partial charge >= 0.3 is 0 Å². The third kappa shape index (κ3) is 2.95. The van der Waals surface area contributed by atoms with Gasteiger partial charge in [0.15, 0.2) is 11.6 Å². The molecule has 0 aromatic heterocycles. The first-order chi connectivity index (χ1) is 9.11. The van der Waals surface area contributed by atoms with E-state index in [-0.39, 0.29) is 5.56 Å². The number of hydrogen-bond acceptors (Lipinski definition) is 2. The number of hydrogen-bond donors (Lipinski definition) is 2. The van der Waals surface area contributed by atoms with Gasteiger partial charge in [-0.25, -0.2) is 8.78 Å². The van der Waals surface area contributed by atoms with Crippen LogP contribution in [0.25, 0.3) is 0 Å². The minimum Gasteiger partial charge on any atom is -0.326 e. The fraction of sp³-hybridized carbons (Fsp3) is 0.0714. The minimum absolute atomic E-state index is 0.331. The van der Waals surface area contributed by atoms with E-state index in [1.54, 1.807) is 24.3 Å². The first-order valence-electron chi connectivity index (χ1n) is 5.66. The lowest BCUT2D eigenvalue weighted by Gasteiger charge is -2.07. The van der Waals surface area contributed by atoms with Crippen LogP contribution in [0.5, 0.6) is 0 Å². The summed E-state index contributed by atoms with van der Waals surface area (Å²) < 4.78 is 26.5. The highest BCUT2D eigenvalue weighted by atomic mass is 19.2. The Morgan fingerprint density at radius 2 is 1.89 bits per heavy atom. The molecule has 0 unspecified atom stereocenters. The topological polar surface area (TPSA) is 55.1 Å². The van der Waals surface area contributed by atoms with Crippen molar-refractivity contribution in [1.29, 1.82) is 0 Å². The largest absolute Gasteiger partial charge is 0.326 e. The van der Waals surface area contributed by atoms with E-state index in [2.05, 4.69) is 5.32 Å². The average molecular weight is 262 g/mol. The number of carbonyl (C=O) groups is 1. The molecule has 0 aliphatic carbocycles. The average Bonchev–Trinajstić information content (AvgIpc) is 2.42. The van der Waals surface area contributed by atoms with Gasteiger partial charge in [-0.3, -0.25) is 4.79 Å². The molecule has 0 heterocycles. The lowest BCUT2D eigenvalue weighted by molar-refractivity contribution is 0.102. The Morgan fingerprint density at radius 3 is 2.63 bits per heavy atom. The first kappa shape index (κ1) is 13.2. The van der Waals surface area contributed by atoms with Crippen LogP contribution in [0.2, 0.25) is 0 Å². The highest BCUT2D eigenvalue weighted by Crippen LogP contribution is 2.15. The Balaban J connectivity index is 2.23. The summed E-state index contributed by atoms with van der Waals surface area (Å²) in [6.45, 7) is 0.331. The second-order valence-electron chi connectivity index (χ2n) is 3.96. The van der Waals surface area contributed by atoms with Crippen LogP contribution >= 0.6 is 0 Å². The molecule has 19 heavy (non-hydrogen) atoms. The van der Waals surface area contributed by atoms with Gasteiger partial charge in [0.2, 0.25) is 0 Å². The van der Waals surface area contributed by atoms with E-state index in [9.17, 15) is 13.6 Å². The Kier molecular flexibility index (Phi) is 3.87. The molecule has 0 spiro atoms. The maximum Gasteiger partial charge on any atom is 0.258 e. The summed E-state index contributed by atoms with van der Waals surface area (Å²) in [5, 5.41) is 2.50. The second kappa shape index (κ2) is 5.58. The summed E-state index contributed by atoms with van der Waals surface area (Å²) in [5.41, 5.74) is 6.46. The van der Waals surface area contributed by atoms with Crippen molar-refractivity contribution in [2.45, 2.75) is 6.54 Å². The zero-order valence-corrected chi connectivity index (χ0v) is 9.99. The molecule has 2 aromatic carbocycles. The molecule has 3 N–H and O–H groups in total. The number of amides is 1. The van der Waals surface area contributed by atoms with Gasteiger partial charge in [0.1, 0.15) is 0 Å². The Labute approximate surface area is 109 Å². The Morgan fingerprint density at radius 1 is 1.16 bits per heavy atom. The number of anilines is 1. The monoisotopic (exact) mass is 262 g/mol. The molecule has 0 aliphatic heterocycles. The molecule has 0 atom stereocenters. The van der Waals surface area contributed by atoms with Crippen LogP contribution in [-0.2, 0) is 6.54 Å². The van der Waals surface area contributed by atoms with Crippen LogP contribution in [0.1, 0.15) is 15.9 Å². The molecule has 0 radical (unpaired) electrons. The van der Waals surface area contributed by atoms with E-state index < -0.39 is 17.5 Å². The number of nitrogens with two attached hydrogens (primary N) is 1. The summed E-state index contributed by atoms with van der Waals surface area (Å²) in [6, 6.07) is 10.3. The van der Waals surface area contributed by atoms with Crippen molar-refractivity contribution in [1.82, 2.24) is 0 Å². The number of halogens is 2. The molecule has 2 aromatic rings. The van der Waals surface area contributed by atoms with E-state index in [4.69, 9.17) is 5.73 Å². The second-order valence-corrected chi connectivity index (χ2v) is 3.96. The predicted octanol–water partition coefficient (Wildman–Crippen LogP) is 2.68. The molecular formula is C14H12F2N2O. The van der Waals surface area contributed by atoms with Crippen molar-refractivity contribution in [2.75, 3.05) is 5.32 Å². The normalized spacial score (nSPS) is 10.3. The van der Waals surface area contributed by atoms with Gasteiger partial charge in [-0.1, -0.05) is 18.2 Å². The van der Waals surface area contributed by atoms with E-state index in [0.717, 1.165) is 11.6 Å². The molecule has 0 saturated heterocycles. The molecular weight excluding hydrogens is 250 g/mol. The highest BCUT2D eigenvalue weighted by molar-refractivity contribution is 6.04. The molecule has 1 amide bonds. The summed E-state index contributed by atoms with van der Waals surface area (Å²) in [5.74, 6) is -2.91. The summed E-state index contributed by atoms with van der Waals surface area (Å²) in [4.78, 5) is 11.8. The van der Waals surface area contributed by atoms with Crippen LogP contribution in [0.15, 0.2) is 42.5 Å². The first-order valence-corrected chi connectivity index (χ1v) is 5.66. The molecule has 0 fully saturated rings. The SMILES string of the molecule is NCc1cccc(NC(=O)c2cccc(F)c2F)c1. The minimum atomic E-state index is -1.16. The lowest BCUT2D eigenvalue weighted by Crippen LogP contribution is -2.14. The van der Waals surface area contributed by atoms with E-state index in [1.165, 1.54) is 12.1 Å². The number of rotatable bonds is 3. The highest BCUT2D eigenvalue weighted by Gasteiger charge is 2.15. The maximum absolute atomic E-state index is 13.4. The summed E-state index contributed by atoms with van der Waals surface area (Å²) in [7, 11) is 0. The Bertz CT molecular complexity index is 614. The predicted molar refractivity (Wildman–Crippen MR) is 68.6 cm³/mol. The molecule has 0 bridgehead atoms. The molecule has 98 valence electrons. The van der Waals surface area contributed by atoms with Crippen molar-refractivity contribution in [2.24, 2.45) is 5.73 Å². The third-order valence-electron chi connectivity index (χ3n) is 2.62. The van der Waals surface area contributed by atoms with Crippen LogP contribution in [-0.4, -0.2) is 5.91 Å². The zero-order valence-electron chi connectivity index (χ0n) is 9.99. The van der Waals surface area contributed by atoms with Crippen LogP contribution in [0.4, 0.5) is 14.5 Å². The number of carbonyl (C=O) groups excluding carboxylic acids is 1. The molecule has 3 nitrogen and oxygen atoms in total. The van der Waals surface area contributed by atoms with Gasteiger partial charge in [-0.2, -0.15) is 0 Å². The number of nitrogens with one attached hydrogen (secondary N) is 1. The standard InChI is InChI=1S/C14H12F2N2O/c15-12-6-2-5-11(13(12)16)14(19)18-10-4-1-3-9(7-10)8-17/h1-7H,8,17H2,(H,18,19). The maximum atomic E-state index is 13.4. The summed E-state index contributed by atoms with van der Waals surface area (Å²) in [6.07, 6.45) is 0. The van der Waals surface area contributed by atoms with Gasteiger partial charge in [-0.05, 0) is 29.8 Å². The van der Waals surface area contributed by atoms with Crippen molar-refractivity contribution in [3.05, 3.63) is 65.2 Å². The van der Waals surface area contributed by atoms with E-state index in [0.29, 0.717) is 12.2 Å². The van der Waals surface area contributed by atoms with Crippen molar-refractivity contribution >= 4 is 11.6 Å². The Hall–Kier alpha value is -2.27. The van der Waals surface area contributed by atoms with Crippen molar-refractivity contribution < 1.29 is 13.6 Å². The summed E-state index contributed by atoms with van der Waals surface area (Å²) >= 11 is 0. The van der Waals surface area contributed by atoms with Crippen LogP contribution in [0, 0.1) is 11.6 Å². The van der Waals surface area contributed by atoms with Gasteiger partial charge in [0.25, 0.3) is 5.91 Å². The van der Waals surface area contributed by atoms with Crippen LogP contribution < -0.4 is 11.1 Å². The molecule has 0 aliphatic rings. The third-order valence-corrected chi connectivity index (χ3v) is 2.62. The van der Waals surface area contributed by atoms with Gasteiger partial charge in [-0.15, -0.1) is 0 Å². The molecule has 0 saturated carbocycles. The van der Waals surface area contributed by atoms with E-state index in [1.807, 2.05) is 0 Å². The molecule has 5 heteroatoms. The smallest absolute Gasteiger partial charge is 0.258 e. The fourth-order valence-electron chi connectivity index (χ4n) is 1.65. The zero-order chi connectivity index (χ0) is 13.8. The quantitative estimate of drug-likeness (QED) is 0.893. The van der Waals surface area contributed by atoms with Gasteiger partial charge in [0.05, 0.1) is 5.56 Å². The number of benzene rings is 2. The fourth-order valence-corrected chi connectivity index (χ4v) is 1.65. The van der Waals surface area contributed by atoms with Gasteiger partial charge in [0, 0.05) is 12.2 Å².